The molecule has 27 heavy (non-hydrogen) atoms. The molecule has 0 saturated carbocycles. The minimum Gasteiger partial charge on any atom is -0.296 e. The summed E-state index contributed by atoms with van der Waals surface area (Å²) >= 11 is 1.35. The minimum atomic E-state index is -0.296. The number of aromatic nitrogens is 6. The molecule has 0 aliphatic carbocycles. The highest BCUT2D eigenvalue weighted by atomic mass is 32.1. The lowest BCUT2D eigenvalue weighted by atomic mass is 10.1. The van der Waals surface area contributed by atoms with E-state index in [4.69, 9.17) is 0 Å². The molecule has 2 N–H and O–H groups in total. The summed E-state index contributed by atoms with van der Waals surface area (Å²) in [5.41, 5.74) is 5.33. The zero-order valence-corrected chi connectivity index (χ0v) is 15.8. The van der Waals surface area contributed by atoms with Gasteiger partial charge in [-0.3, -0.25) is 24.9 Å². The van der Waals surface area contributed by atoms with Crippen molar-refractivity contribution in [1.82, 2.24) is 29.9 Å². The summed E-state index contributed by atoms with van der Waals surface area (Å²) in [5.74, 6) is -0.296. The monoisotopic (exact) mass is 379 g/mol. The molecule has 0 aliphatic heterocycles. The third-order valence-electron chi connectivity index (χ3n) is 4.24. The van der Waals surface area contributed by atoms with Crippen molar-refractivity contribution in [3.05, 3.63) is 52.9 Å². The van der Waals surface area contributed by atoms with Gasteiger partial charge in [-0.25, -0.2) is 4.98 Å². The molecule has 0 atom stereocenters. The van der Waals surface area contributed by atoms with Gasteiger partial charge in [-0.15, -0.1) is 11.3 Å². The van der Waals surface area contributed by atoms with E-state index < -0.39 is 0 Å². The summed E-state index contributed by atoms with van der Waals surface area (Å²) < 4.78 is 1.80. The molecule has 1 amide bonds. The highest BCUT2D eigenvalue weighted by Gasteiger charge is 2.18. The molecule has 9 heteroatoms. The largest absolute Gasteiger partial charge is 0.296 e. The second kappa shape index (κ2) is 6.76. The Morgan fingerprint density at radius 1 is 1.22 bits per heavy atom. The Hall–Kier alpha value is -3.33. The van der Waals surface area contributed by atoms with E-state index in [0.29, 0.717) is 16.5 Å². The van der Waals surface area contributed by atoms with Crippen LogP contribution in [0.5, 0.6) is 0 Å². The van der Waals surface area contributed by atoms with E-state index in [1.165, 1.54) is 11.3 Å². The maximum Gasteiger partial charge on any atom is 0.275 e. The molecule has 0 fully saturated rings. The van der Waals surface area contributed by atoms with Gasteiger partial charge in [0.25, 0.3) is 5.91 Å². The van der Waals surface area contributed by atoms with Crippen LogP contribution in [0.25, 0.3) is 22.6 Å². The summed E-state index contributed by atoms with van der Waals surface area (Å²) in [6.45, 7) is 3.89. The van der Waals surface area contributed by atoms with Gasteiger partial charge in [-0.1, -0.05) is 6.07 Å². The maximum absolute atomic E-state index is 12.5. The Morgan fingerprint density at radius 2 is 2.07 bits per heavy atom. The van der Waals surface area contributed by atoms with Crippen LogP contribution in [0.15, 0.2) is 35.8 Å². The number of pyridine rings is 1. The second-order valence-corrected chi connectivity index (χ2v) is 6.90. The van der Waals surface area contributed by atoms with E-state index in [-0.39, 0.29) is 5.91 Å². The quantitative estimate of drug-likeness (QED) is 0.567. The predicted molar refractivity (Wildman–Crippen MR) is 104 cm³/mol. The number of rotatable bonds is 4. The first-order chi connectivity index (χ1) is 13.0. The third-order valence-corrected chi connectivity index (χ3v) is 5.00. The standard InChI is InChI=1S/C18H17N7OS/c1-10-16(11(2)25(3)24-10)13-8-14(23-22-13)17(26)21-18-20-15(9-27-18)12-6-4-5-7-19-12/h4-9H,1-3H3,(H,22,23)(H,20,21,26). The first-order valence-electron chi connectivity index (χ1n) is 8.27. The number of nitrogens with one attached hydrogen (secondary N) is 2. The number of thiazole rings is 1. The Kier molecular flexibility index (Phi) is 4.28. The third kappa shape index (κ3) is 3.24. The molecule has 0 radical (unpaired) electrons. The van der Waals surface area contributed by atoms with Crippen LogP contribution in [-0.2, 0) is 7.05 Å². The first kappa shape index (κ1) is 17.1. The van der Waals surface area contributed by atoms with Gasteiger partial charge in [-0.05, 0) is 32.0 Å². The maximum atomic E-state index is 12.5. The summed E-state index contributed by atoms with van der Waals surface area (Å²) in [4.78, 5) is 21.2. The number of carbonyl (C=O) groups excluding carboxylic acids is 1. The molecule has 136 valence electrons. The number of hydrogen-bond donors (Lipinski definition) is 2. The zero-order valence-electron chi connectivity index (χ0n) is 15.0. The molecule has 0 aliphatic rings. The van der Waals surface area contributed by atoms with Gasteiger partial charge in [0, 0.05) is 29.9 Å². The van der Waals surface area contributed by atoms with Crippen molar-refractivity contribution in [1.29, 1.82) is 0 Å². The van der Waals surface area contributed by atoms with Crippen LogP contribution < -0.4 is 5.32 Å². The van der Waals surface area contributed by atoms with E-state index >= 15 is 0 Å². The van der Waals surface area contributed by atoms with Crippen molar-refractivity contribution in [2.45, 2.75) is 13.8 Å². The van der Waals surface area contributed by atoms with Gasteiger partial charge in [0.15, 0.2) is 5.13 Å². The van der Waals surface area contributed by atoms with Crippen LogP contribution in [0.4, 0.5) is 5.13 Å². The molecule has 0 unspecified atom stereocenters. The fourth-order valence-corrected chi connectivity index (χ4v) is 3.54. The number of carbonyl (C=O) groups is 1. The van der Waals surface area contributed by atoms with Crippen LogP contribution >= 0.6 is 11.3 Å². The SMILES string of the molecule is Cc1nn(C)c(C)c1-c1cc(C(=O)Nc2nc(-c3ccccn3)cs2)[nH]n1. The van der Waals surface area contributed by atoms with Crippen LogP contribution in [0.1, 0.15) is 21.9 Å². The normalized spacial score (nSPS) is 10.9. The van der Waals surface area contributed by atoms with Crippen molar-refractivity contribution in [3.8, 4) is 22.6 Å². The van der Waals surface area contributed by atoms with Crippen molar-refractivity contribution < 1.29 is 4.79 Å². The summed E-state index contributed by atoms with van der Waals surface area (Å²) in [5, 5.41) is 16.6. The van der Waals surface area contributed by atoms with Gasteiger partial charge < -0.3 is 0 Å². The Balaban J connectivity index is 1.53. The van der Waals surface area contributed by atoms with Crippen LogP contribution in [0, 0.1) is 13.8 Å². The van der Waals surface area contributed by atoms with Crippen molar-refractivity contribution in [3.63, 3.8) is 0 Å². The van der Waals surface area contributed by atoms with Gasteiger partial charge in [-0.2, -0.15) is 10.2 Å². The molecule has 8 nitrogen and oxygen atoms in total. The summed E-state index contributed by atoms with van der Waals surface area (Å²) in [6.07, 6.45) is 1.71. The molecule has 4 aromatic rings. The van der Waals surface area contributed by atoms with E-state index in [1.54, 1.807) is 16.9 Å². The Morgan fingerprint density at radius 3 is 2.78 bits per heavy atom. The lowest BCUT2D eigenvalue weighted by molar-refractivity contribution is 0.102. The number of anilines is 1. The summed E-state index contributed by atoms with van der Waals surface area (Å²) in [6, 6.07) is 7.34. The molecular formula is C18H17N7OS. The number of hydrogen-bond acceptors (Lipinski definition) is 6. The molecule has 0 aromatic carbocycles. The van der Waals surface area contributed by atoms with E-state index in [1.807, 2.05) is 44.5 Å². The molecular weight excluding hydrogens is 362 g/mol. The molecule has 4 heterocycles. The highest BCUT2D eigenvalue weighted by Crippen LogP contribution is 2.26. The predicted octanol–water partition coefficient (Wildman–Crippen LogP) is 3.20. The number of aryl methyl sites for hydroxylation is 2. The van der Waals surface area contributed by atoms with Crippen molar-refractivity contribution in [2.24, 2.45) is 7.05 Å². The molecule has 0 spiro atoms. The van der Waals surface area contributed by atoms with Gasteiger partial charge >= 0.3 is 0 Å². The molecule has 0 saturated heterocycles. The molecule has 4 aromatic heterocycles. The van der Waals surface area contributed by atoms with E-state index in [0.717, 1.165) is 28.3 Å². The minimum absolute atomic E-state index is 0.296. The first-order valence-corrected chi connectivity index (χ1v) is 9.15. The fraction of sp³-hybridized carbons (Fsp3) is 0.167. The Bertz CT molecular complexity index is 1110. The summed E-state index contributed by atoms with van der Waals surface area (Å²) in [7, 11) is 1.88. The van der Waals surface area contributed by atoms with E-state index in [9.17, 15) is 4.79 Å². The second-order valence-electron chi connectivity index (χ2n) is 6.04. The van der Waals surface area contributed by atoms with Crippen molar-refractivity contribution >= 4 is 22.4 Å². The highest BCUT2D eigenvalue weighted by molar-refractivity contribution is 7.14. The lowest BCUT2D eigenvalue weighted by Gasteiger charge is -1.98. The van der Waals surface area contributed by atoms with Gasteiger partial charge in [0.05, 0.1) is 17.1 Å². The fourth-order valence-electron chi connectivity index (χ4n) is 2.84. The number of amides is 1. The van der Waals surface area contributed by atoms with Gasteiger partial charge in [0.1, 0.15) is 11.4 Å². The topological polar surface area (TPSA) is 101 Å². The van der Waals surface area contributed by atoms with Crippen LogP contribution in [-0.4, -0.2) is 35.9 Å². The molecule has 0 bridgehead atoms. The number of H-pyrrole nitrogens is 1. The van der Waals surface area contributed by atoms with Gasteiger partial charge in [0.2, 0.25) is 0 Å². The smallest absolute Gasteiger partial charge is 0.275 e. The Labute approximate surface area is 159 Å². The van der Waals surface area contributed by atoms with E-state index in [2.05, 4.69) is 30.6 Å². The average molecular weight is 379 g/mol. The average Bonchev–Trinajstić information content (AvgIpc) is 3.37. The zero-order chi connectivity index (χ0) is 19.0. The van der Waals surface area contributed by atoms with Crippen LogP contribution in [0.3, 0.4) is 0 Å². The lowest BCUT2D eigenvalue weighted by Crippen LogP contribution is -2.12. The van der Waals surface area contributed by atoms with Crippen LogP contribution in [0.2, 0.25) is 0 Å². The molecule has 4 rings (SSSR count). The number of aromatic amines is 1. The van der Waals surface area contributed by atoms with Crippen molar-refractivity contribution in [2.75, 3.05) is 5.32 Å². The number of nitrogens with zero attached hydrogens (tertiary/aromatic N) is 5.